The van der Waals surface area contributed by atoms with Gasteiger partial charge in [-0.15, -0.1) is 0 Å². The van der Waals surface area contributed by atoms with Crippen LogP contribution in [0.2, 0.25) is 13.1 Å². The van der Waals surface area contributed by atoms with Crippen LogP contribution in [0.15, 0.2) is 152 Å². The fraction of sp³-hybridized carbons (Fsp3) is 0.0465. The van der Waals surface area contributed by atoms with Gasteiger partial charge in [0.15, 0.2) is 17.5 Å². The van der Waals surface area contributed by atoms with E-state index in [1.807, 2.05) is 18.2 Å². The summed E-state index contributed by atoms with van der Waals surface area (Å²) in [5, 5.41) is 7.93. The van der Waals surface area contributed by atoms with Crippen LogP contribution in [0.5, 0.6) is 0 Å². The first-order chi connectivity index (χ1) is 23.0. The van der Waals surface area contributed by atoms with Crippen LogP contribution in [0.25, 0.3) is 78.0 Å². The number of benzene rings is 7. The van der Waals surface area contributed by atoms with Gasteiger partial charge in [-0.1, -0.05) is 159 Å². The fourth-order valence-electron chi connectivity index (χ4n) is 7.26. The normalized spacial score (nSPS) is 13.1. The van der Waals surface area contributed by atoms with Crippen molar-refractivity contribution in [1.29, 1.82) is 0 Å². The zero-order valence-corrected chi connectivity index (χ0v) is 27.3. The lowest BCUT2D eigenvalue weighted by Crippen LogP contribution is -2.49. The van der Waals surface area contributed by atoms with Gasteiger partial charge in [0.2, 0.25) is 0 Å². The number of rotatable bonds is 4. The van der Waals surface area contributed by atoms with Crippen LogP contribution in [-0.4, -0.2) is 23.0 Å². The van der Waals surface area contributed by atoms with E-state index in [-0.39, 0.29) is 0 Å². The Kier molecular flexibility index (Phi) is 6.27. The van der Waals surface area contributed by atoms with Crippen LogP contribution in [0, 0.1) is 0 Å². The Labute approximate surface area is 275 Å². The Balaban J connectivity index is 1.22. The summed E-state index contributed by atoms with van der Waals surface area (Å²) in [4.78, 5) is 15.4. The molecule has 0 saturated heterocycles. The van der Waals surface area contributed by atoms with E-state index in [2.05, 4.69) is 147 Å². The smallest absolute Gasteiger partial charge is 0.164 e. The van der Waals surface area contributed by atoms with Gasteiger partial charge in [0, 0.05) is 16.7 Å². The van der Waals surface area contributed by atoms with E-state index in [9.17, 15) is 0 Å². The van der Waals surface area contributed by atoms with E-state index in [1.54, 1.807) is 0 Å². The number of aromatic nitrogens is 3. The Hall–Kier alpha value is -5.71. The van der Waals surface area contributed by atoms with Gasteiger partial charge in [0.25, 0.3) is 0 Å². The number of hydrogen-bond acceptors (Lipinski definition) is 3. The third-order valence-electron chi connectivity index (χ3n) is 9.72. The molecule has 7 aromatic carbocycles. The SMILES string of the molecule is C[Si]1(C)c2cccc(-c3nc(-c4ccccc4)nc(-c4ccc(-c5ccc6ccccc6c5)cc4)n3)c2-c2c1ccc1ccccc21. The predicted molar refractivity (Wildman–Crippen MR) is 199 cm³/mol. The highest BCUT2D eigenvalue weighted by atomic mass is 28.3. The average Bonchev–Trinajstić information content (AvgIpc) is 3.38. The molecule has 3 nitrogen and oxygen atoms in total. The molecular formula is C43H31N3Si. The van der Waals surface area contributed by atoms with E-state index in [1.165, 1.54) is 48.6 Å². The zero-order chi connectivity index (χ0) is 31.5. The van der Waals surface area contributed by atoms with Crippen molar-refractivity contribution in [1.82, 2.24) is 15.0 Å². The second-order valence-electron chi connectivity index (χ2n) is 12.9. The molecule has 0 aliphatic carbocycles. The first kappa shape index (κ1) is 27.6. The molecule has 222 valence electrons. The fourth-order valence-corrected chi connectivity index (χ4v) is 10.3. The molecule has 0 fully saturated rings. The van der Waals surface area contributed by atoms with Crippen LogP contribution in [-0.2, 0) is 0 Å². The highest BCUT2D eigenvalue weighted by Crippen LogP contribution is 2.40. The molecule has 1 aromatic heterocycles. The molecule has 0 N–H and O–H groups in total. The molecule has 0 unspecified atom stereocenters. The Morgan fingerprint density at radius 1 is 0.383 bits per heavy atom. The monoisotopic (exact) mass is 617 g/mol. The van der Waals surface area contributed by atoms with Crippen molar-refractivity contribution in [3.8, 4) is 56.4 Å². The lowest BCUT2D eigenvalue weighted by atomic mass is 9.94. The summed E-state index contributed by atoms with van der Waals surface area (Å²) in [6.45, 7) is 4.92. The van der Waals surface area contributed by atoms with Gasteiger partial charge in [-0.3, -0.25) is 0 Å². The average molecular weight is 618 g/mol. The highest BCUT2D eigenvalue weighted by molar-refractivity contribution is 7.04. The molecule has 0 bridgehead atoms. The van der Waals surface area contributed by atoms with Crippen LogP contribution in [0.3, 0.4) is 0 Å². The second-order valence-corrected chi connectivity index (χ2v) is 17.2. The van der Waals surface area contributed by atoms with Crippen LogP contribution < -0.4 is 10.4 Å². The predicted octanol–water partition coefficient (Wildman–Crippen LogP) is 9.65. The van der Waals surface area contributed by atoms with Crippen molar-refractivity contribution in [2.75, 3.05) is 0 Å². The van der Waals surface area contributed by atoms with Gasteiger partial charge in [-0.05, 0) is 60.2 Å². The van der Waals surface area contributed by atoms with Gasteiger partial charge in [-0.25, -0.2) is 15.0 Å². The van der Waals surface area contributed by atoms with Crippen molar-refractivity contribution in [3.05, 3.63) is 152 Å². The van der Waals surface area contributed by atoms with E-state index in [0.29, 0.717) is 17.5 Å². The topological polar surface area (TPSA) is 38.7 Å². The molecule has 4 heteroatoms. The number of hydrogen-bond donors (Lipinski definition) is 0. The molecule has 0 spiro atoms. The molecule has 1 aliphatic heterocycles. The van der Waals surface area contributed by atoms with E-state index >= 15 is 0 Å². The van der Waals surface area contributed by atoms with Gasteiger partial charge in [0.05, 0.1) is 0 Å². The van der Waals surface area contributed by atoms with Gasteiger partial charge >= 0.3 is 0 Å². The first-order valence-electron chi connectivity index (χ1n) is 16.1. The first-order valence-corrected chi connectivity index (χ1v) is 19.1. The van der Waals surface area contributed by atoms with E-state index < -0.39 is 8.07 Å². The van der Waals surface area contributed by atoms with Gasteiger partial charge < -0.3 is 0 Å². The summed E-state index contributed by atoms with van der Waals surface area (Å²) < 4.78 is 0. The van der Waals surface area contributed by atoms with Crippen molar-refractivity contribution in [3.63, 3.8) is 0 Å². The largest absolute Gasteiger partial charge is 0.208 e. The summed E-state index contributed by atoms with van der Waals surface area (Å²) in [6.07, 6.45) is 0. The van der Waals surface area contributed by atoms with Gasteiger partial charge in [-0.2, -0.15) is 0 Å². The standard InChI is InChI=1S/C43H31N3Si/c1-47(2)37-18-10-17-36(40(37)39-35-16-9-8-12-30(35)25-26-38(39)47)43-45-41(31-13-4-3-5-14-31)44-42(46-43)32-22-19-29(20-23-32)34-24-21-28-11-6-7-15-33(28)27-34/h3-27H,1-2H3. The summed E-state index contributed by atoms with van der Waals surface area (Å²) in [6, 6.07) is 54.0. The highest BCUT2D eigenvalue weighted by Gasteiger charge is 2.40. The lowest BCUT2D eigenvalue weighted by Gasteiger charge is -2.19. The summed E-state index contributed by atoms with van der Waals surface area (Å²) in [5.41, 5.74) is 7.96. The lowest BCUT2D eigenvalue weighted by molar-refractivity contribution is 1.07. The van der Waals surface area contributed by atoms with Crippen LogP contribution in [0.4, 0.5) is 0 Å². The van der Waals surface area contributed by atoms with Crippen molar-refractivity contribution < 1.29 is 0 Å². The van der Waals surface area contributed by atoms with Crippen molar-refractivity contribution in [2.24, 2.45) is 0 Å². The Morgan fingerprint density at radius 3 is 1.74 bits per heavy atom. The molecule has 0 amide bonds. The van der Waals surface area contributed by atoms with Crippen molar-refractivity contribution in [2.45, 2.75) is 13.1 Å². The minimum atomic E-state index is -1.95. The molecule has 47 heavy (non-hydrogen) atoms. The third kappa shape index (κ3) is 4.52. The molecule has 2 heterocycles. The molecule has 0 saturated carbocycles. The van der Waals surface area contributed by atoms with E-state index in [4.69, 9.17) is 15.0 Å². The molecule has 0 radical (unpaired) electrons. The maximum Gasteiger partial charge on any atom is 0.164 e. The Morgan fingerprint density at radius 2 is 0.957 bits per heavy atom. The summed E-state index contributed by atoms with van der Waals surface area (Å²) in [5.74, 6) is 2.05. The van der Waals surface area contributed by atoms with E-state index in [0.717, 1.165) is 22.3 Å². The zero-order valence-electron chi connectivity index (χ0n) is 26.3. The quantitative estimate of drug-likeness (QED) is 0.185. The number of fused-ring (bicyclic) bond motifs is 6. The second kappa shape index (κ2) is 10.7. The van der Waals surface area contributed by atoms with Crippen LogP contribution in [0.1, 0.15) is 0 Å². The van der Waals surface area contributed by atoms with Gasteiger partial charge in [0.1, 0.15) is 8.07 Å². The minimum Gasteiger partial charge on any atom is -0.208 e. The summed E-state index contributed by atoms with van der Waals surface area (Å²) in [7, 11) is -1.95. The Bertz CT molecular complexity index is 2480. The maximum absolute atomic E-state index is 5.21. The molecule has 8 aromatic rings. The van der Waals surface area contributed by atoms with Crippen molar-refractivity contribution >= 4 is 40.0 Å². The number of nitrogens with zero attached hydrogens (tertiary/aromatic N) is 3. The summed E-state index contributed by atoms with van der Waals surface area (Å²) >= 11 is 0. The maximum atomic E-state index is 5.21. The molecule has 1 aliphatic rings. The third-order valence-corrected chi connectivity index (χ3v) is 13.3. The van der Waals surface area contributed by atoms with Crippen LogP contribution >= 0.6 is 0 Å². The molecule has 9 rings (SSSR count). The minimum absolute atomic E-state index is 0.671. The molecular weight excluding hydrogens is 587 g/mol. The molecule has 0 atom stereocenters.